The summed E-state index contributed by atoms with van der Waals surface area (Å²) in [5, 5.41) is 22.4. The first kappa shape index (κ1) is 26.1. The number of aromatic hydroxyl groups is 2. The number of hydrogen-bond acceptors (Lipinski definition) is 5. The van der Waals surface area contributed by atoms with E-state index < -0.39 is 0 Å². The maximum atomic E-state index is 11.2. The van der Waals surface area contributed by atoms with Gasteiger partial charge in [0.1, 0.15) is 40.6 Å². The van der Waals surface area contributed by atoms with Crippen molar-refractivity contribution in [2.75, 3.05) is 0 Å². The van der Waals surface area contributed by atoms with E-state index in [1.807, 2.05) is 96.5 Å². The molecule has 0 saturated carbocycles. The molecule has 4 aromatic carbocycles. The van der Waals surface area contributed by atoms with Crippen molar-refractivity contribution in [1.82, 2.24) is 15.0 Å². The molecule has 0 amide bonds. The first-order chi connectivity index (χ1) is 19.9. The standard InChI is InChI=1S/C33H26B3N3O2/c34-28-29(35)31(40)27(32(41)30(28)36)33-38-25(22-11-4-9-20(15-22)19-7-2-1-3-8-19)17-26(39-33)23-12-5-10-21(16-23)24-13-6-14-37-18-24/h1-18,40-41H,34-36H2. The quantitative estimate of drug-likeness (QED) is 0.336. The third kappa shape index (κ3) is 5.00. The topological polar surface area (TPSA) is 79.1 Å². The fourth-order valence-corrected chi connectivity index (χ4v) is 5.07. The smallest absolute Gasteiger partial charge is 0.167 e. The van der Waals surface area contributed by atoms with E-state index in [-0.39, 0.29) is 22.9 Å². The highest BCUT2D eigenvalue weighted by molar-refractivity contribution is 6.59. The van der Waals surface area contributed by atoms with Crippen LogP contribution >= 0.6 is 0 Å². The van der Waals surface area contributed by atoms with Gasteiger partial charge in [-0.15, -0.1) is 0 Å². The maximum absolute atomic E-state index is 11.2. The fourth-order valence-electron chi connectivity index (χ4n) is 5.07. The minimum Gasteiger partial charge on any atom is -0.508 e. The molecule has 0 spiro atoms. The fraction of sp³-hybridized carbons (Fsp3) is 0. The Bertz CT molecular complexity index is 1770. The number of aromatic nitrogens is 3. The minimum absolute atomic E-state index is 0.0177. The number of phenols is 2. The third-order valence-corrected chi connectivity index (χ3v) is 7.68. The Hall–Kier alpha value is -5.10. The van der Waals surface area contributed by atoms with E-state index in [1.54, 1.807) is 6.20 Å². The highest BCUT2D eigenvalue weighted by Crippen LogP contribution is 2.36. The highest BCUT2D eigenvalue weighted by Gasteiger charge is 2.22. The van der Waals surface area contributed by atoms with Crippen LogP contribution in [-0.4, -0.2) is 48.7 Å². The van der Waals surface area contributed by atoms with E-state index >= 15 is 0 Å². The van der Waals surface area contributed by atoms with Crippen LogP contribution in [0.5, 0.6) is 11.5 Å². The lowest BCUT2D eigenvalue weighted by Crippen LogP contribution is -2.39. The van der Waals surface area contributed by atoms with Crippen LogP contribution in [0.25, 0.3) is 56.2 Å². The van der Waals surface area contributed by atoms with Gasteiger partial charge < -0.3 is 10.2 Å². The van der Waals surface area contributed by atoms with Gasteiger partial charge in [-0.2, -0.15) is 0 Å². The van der Waals surface area contributed by atoms with E-state index in [1.165, 1.54) is 0 Å². The van der Waals surface area contributed by atoms with Crippen LogP contribution in [-0.2, 0) is 0 Å². The summed E-state index contributed by atoms with van der Waals surface area (Å²) in [4.78, 5) is 14.1. The summed E-state index contributed by atoms with van der Waals surface area (Å²) in [5.74, 6) is 0.224. The molecule has 0 bridgehead atoms. The predicted octanol–water partition coefficient (Wildman–Crippen LogP) is 2.39. The molecule has 2 aromatic heterocycles. The lowest BCUT2D eigenvalue weighted by atomic mass is 9.70. The summed E-state index contributed by atoms with van der Waals surface area (Å²) in [6.07, 6.45) is 3.59. The van der Waals surface area contributed by atoms with Crippen molar-refractivity contribution in [3.8, 4) is 67.7 Å². The Kier molecular flexibility index (Phi) is 6.90. The molecule has 2 N–H and O–H groups in total. The third-order valence-electron chi connectivity index (χ3n) is 7.68. The lowest BCUT2D eigenvalue weighted by molar-refractivity contribution is 0.459. The van der Waals surface area contributed by atoms with Crippen molar-refractivity contribution >= 4 is 39.9 Å². The molecule has 6 rings (SSSR count). The molecule has 8 heteroatoms. The first-order valence-corrected chi connectivity index (χ1v) is 13.5. The zero-order valence-corrected chi connectivity index (χ0v) is 23.1. The molecule has 0 fully saturated rings. The molecule has 0 aliphatic heterocycles. The summed E-state index contributed by atoms with van der Waals surface area (Å²) >= 11 is 0. The van der Waals surface area contributed by atoms with Crippen molar-refractivity contribution in [2.45, 2.75) is 0 Å². The Morgan fingerprint density at radius 3 is 1.56 bits per heavy atom. The average Bonchev–Trinajstić information content (AvgIpc) is 3.04. The molecule has 0 saturated heterocycles. The van der Waals surface area contributed by atoms with Gasteiger partial charge in [-0.05, 0) is 41.0 Å². The molecule has 6 aromatic rings. The first-order valence-electron chi connectivity index (χ1n) is 13.5. The Morgan fingerprint density at radius 1 is 0.488 bits per heavy atom. The number of pyridine rings is 1. The Labute approximate surface area is 241 Å². The van der Waals surface area contributed by atoms with Gasteiger partial charge in [0.15, 0.2) is 5.82 Å². The number of hydrogen-bond donors (Lipinski definition) is 2. The molecule has 194 valence electrons. The van der Waals surface area contributed by atoms with Crippen molar-refractivity contribution in [1.29, 1.82) is 0 Å². The van der Waals surface area contributed by atoms with Gasteiger partial charge in [-0.3, -0.25) is 4.98 Å². The van der Waals surface area contributed by atoms with Crippen LogP contribution in [0, 0.1) is 0 Å². The van der Waals surface area contributed by atoms with Crippen LogP contribution in [0.2, 0.25) is 0 Å². The molecule has 41 heavy (non-hydrogen) atoms. The molecular weight excluding hydrogens is 503 g/mol. The average molecular weight is 529 g/mol. The Morgan fingerprint density at radius 2 is 1.00 bits per heavy atom. The van der Waals surface area contributed by atoms with Crippen LogP contribution in [0.3, 0.4) is 0 Å². The molecule has 0 atom stereocenters. The van der Waals surface area contributed by atoms with E-state index in [2.05, 4.69) is 35.3 Å². The molecule has 0 radical (unpaired) electrons. The second kappa shape index (κ2) is 10.8. The van der Waals surface area contributed by atoms with E-state index in [0.29, 0.717) is 22.3 Å². The van der Waals surface area contributed by atoms with Gasteiger partial charge >= 0.3 is 0 Å². The van der Waals surface area contributed by atoms with Crippen LogP contribution in [0.1, 0.15) is 0 Å². The van der Waals surface area contributed by atoms with Crippen molar-refractivity contribution < 1.29 is 10.2 Å². The second-order valence-corrected chi connectivity index (χ2v) is 10.2. The normalized spacial score (nSPS) is 10.9. The van der Waals surface area contributed by atoms with Gasteiger partial charge in [-0.1, -0.05) is 89.2 Å². The van der Waals surface area contributed by atoms with Crippen LogP contribution in [0.15, 0.2) is 109 Å². The van der Waals surface area contributed by atoms with E-state index in [0.717, 1.165) is 38.8 Å². The molecule has 0 aliphatic carbocycles. The van der Waals surface area contributed by atoms with E-state index in [9.17, 15) is 10.2 Å². The predicted molar refractivity (Wildman–Crippen MR) is 175 cm³/mol. The lowest BCUT2D eigenvalue weighted by Gasteiger charge is -2.17. The van der Waals surface area contributed by atoms with Gasteiger partial charge in [0.2, 0.25) is 0 Å². The summed E-state index contributed by atoms with van der Waals surface area (Å²) in [5.41, 5.74) is 9.77. The highest BCUT2D eigenvalue weighted by atomic mass is 16.3. The monoisotopic (exact) mass is 529 g/mol. The number of phenolic OH excluding ortho intramolecular Hbond substituents is 2. The van der Waals surface area contributed by atoms with Gasteiger partial charge in [0.05, 0.1) is 11.4 Å². The van der Waals surface area contributed by atoms with Gasteiger partial charge in [-0.25, -0.2) is 9.97 Å². The Balaban J connectivity index is 1.58. The summed E-state index contributed by atoms with van der Waals surface area (Å²) in [6, 6.07) is 32.4. The van der Waals surface area contributed by atoms with Gasteiger partial charge in [0, 0.05) is 29.1 Å². The van der Waals surface area contributed by atoms with Crippen molar-refractivity contribution in [3.05, 3.63) is 109 Å². The minimum atomic E-state index is -0.0177. The van der Waals surface area contributed by atoms with Gasteiger partial charge in [0.25, 0.3) is 0 Å². The van der Waals surface area contributed by atoms with Crippen molar-refractivity contribution in [3.63, 3.8) is 0 Å². The summed E-state index contributed by atoms with van der Waals surface area (Å²) in [7, 11) is 5.56. The summed E-state index contributed by atoms with van der Waals surface area (Å²) in [6.45, 7) is 0. The molecular formula is C33H26B3N3O2. The van der Waals surface area contributed by atoms with E-state index in [4.69, 9.17) is 9.97 Å². The zero-order valence-electron chi connectivity index (χ0n) is 23.1. The number of rotatable bonds is 5. The number of benzene rings is 4. The van der Waals surface area contributed by atoms with Crippen LogP contribution in [0.4, 0.5) is 0 Å². The molecule has 5 nitrogen and oxygen atoms in total. The SMILES string of the molecule is Bc1c(B)c(O)c(-c2nc(-c3cccc(-c4ccccc4)c3)cc(-c3cccc(-c4cccnc4)c3)n2)c(O)c1B. The maximum Gasteiger partial charge on any atom is 0.167 e. The molecule has 2 heterocycles. The zero-order chi connectivity index (χ0) is 28.5. The molecule has 0 unspecified atom stereocenters. The van der Waals surface area contributed by atoms with Crippen molar-refractivity contribution in [2.24, 2.45) is 0 Å². The van der Waals surface area contributed by atoms with Crippen LogP contribution < -0.4 is 16.4 Å². The molecule has 0 aliphatic rings. The summed E-state index contributed by atoms with van der Waals surface area (Å²) < 4.78 is 0. The number of nitrogens with zero attached hydrogens (tertiary/aromatic N) is 3. The largest absolute Gasteiger partial charge is 0.508 e. The second-order valence-electron chi connectivity index (χ2n) is 10.2.